The third kappa shape index (κ3) is 8.18. The highest BCUT2D eigenvalue weighted by Crippen LogP contribution is 2.44. The van der Waals surface area contributed by atoms with E-state index in [1.807, 2.05) is 0 Å². The molecule has 0 unspecified atom stereocenters. The van der Waals surface area contributed by atoms with Crippen molar-refractivity contribution in [3.8, 4) is 0 Å². The molecule has 6 nitrogen and oxygen atoms in total. The van der Waals surface area contributed by atoms with Crippen molar-refractivity contribution >= 4 is 21.6 Å². The van der Waals surface area contributed by atoms with Crippen molar-refractivity contribution in [2.45, 2.75) is 101 Å². The van der Waals surface area contributed by atoms with Gasteiger partial charge in [-0.2, -0.15) is 14.0 Å². The summed E-state index contributed by atoms with van der Waals surface area (Å²) in [6.07, 6.45) is 20.5. The summed E-state index contributed by atoms with van der Waals surface area (Å²) < 4.78 is 32.7. The molecule has 0 amide bonds. The molecule has 0 aromatic rings. The Morgan fingerprint density at radius 2 is 0.871 bits per heavy atom. The van der Waals surface area contributed by atoms with E-state index in [-0.39, 0.29) is 0 Å². The van der Waals surface area contributed by atoms with Gasteiger partial charge < -0.3 is 0 Å². The number of nitrogens with zero attached hydrogens (tertiary/aromatic N) is 2. The van der Waals surface area contributed by atoms with Crippen molar-refractivity contribution in [3.05, 3.63) is 0 Å². The van der Waals surface area contributed by atoms with Crippen molar-refractivity contribution in [2.24, 2.45) is 0 Å². The number of likely N-dealkylation sites (tertiary alicyclic amines) is 2. The van der Waals surface area contributed by atoms with Gasteiger partial charge >= 0.3 is 0 Å². The van der Waals surface area contributed by atoms with Gasteiger partial charge in [-0.05, 0) is 77.5 Å². The second-order valence-electron chi connectivity index (χ2n) is 9.88. The van der Waals surface area contributed by atoms with Crippen LogP contribution in [-0.4, -0.2) is 63.2 Å². The van der Waals surface area contributed by atoms with Crippen LogP contribution in [0.5, 0.6) is 0 Å². The van der Waals surface area contributed by atoms with Crippen LogP contribution in [0.4, 0.5) is 0 Å². The van der Waals surface area contributed by atoms with Crippen LogP contribution in [0.3, 0.4) is 0 Å². The summed E-state index contributed by atoms with van der Waals surface area (Å²) in [6, 6.07) is 0. The molecular weight excluding hydrogens is 456 g/mol. The molecule has 182 valence electrons. The average Bonchev–Trinajstić information content (AvgIpc) is 3.46. The zero-order valence-electron chi connectivity index (χ0n) is 18.9. The fourth-order valence-corrected chi connectivity index (χ4v) is 9.57. The van der Waals surface area contributed by atoms with Gasteiger partial charge in [0.1, 0.15) is 0 Å². The Bertz CT molecular complexity index is 468. The molecule has 0 aromatic carbocycles. The van der Waals surface area contributed by atoms with E-state index in [1.165, 1.54) is 128 Å². The van der Waals surface area contributed by atoms with Crippen LogP contribution < -0.4 is 14.0 Å². The maximum Gasteiger partial charge on any atom is 0.0777 e. The normalized spacial score (nSPS) is 27.1. The van der Waals surface area contributed by atoms with Crippen LogP contribution in [-0.2, 0) is 0 Å². The van der Waals surface area contributed by atoms with E-state index < -0.39 is 10.2 Å². The van der Waals surface area contributed by atoms with E-state index in [0.717, 1.165) is 0 Å². The summed E-state index contributed by atoms with van der Waals surface area (Å²) in [4.78, 5) is 5.80. The molecule has 4 rings (SSSR count). The minimum Gasteiger partial charge on any atom is -0.297 e. The highest BCUT2D eigenvalue weighted by Gasteiger charge is 2.41. The van der Waals surface area contributed by atoms with E-state index in [2.05, 4.69) is 31.4 Å². The van der Waals surface area contributed by atoms with Gasteiger partial charge in [0, 0.05) is 22.6 Å². The second-order valence-corrected chi connectivity index (χ2v) is 13.1. The van der Waals surface area contributed by atoms with Crippen molar-refractivity contribution < 1.29 is 28.9 Å². The quantitative estimate of drug-likeness (QED) is 0.421. The maximum atomic E-state index is 8.60. The lowest BCUT2D eigenvalue weighted by Crippen LogP contribution is -2.58. The van der Waals surface area contributed by atoms with Gasteiger partial charge in [-0.1, -0.05) is 60.1 Å². The van der Waals surface area contributed by atoms with E-state index >= 15 is 0 Å². The standard InChI is InChI=1S/C22H40N2S2.ClHO4/c1-3-11-21(12-4-1,23-15-7-8-16-23)19-25-26-20-22(13-5-2-6-14-22)24-17-9-10-18-24;2-1(3,4)5/h1-20H2;(H,2,3,4,5). The van der Waals surface area contributed by atoms with Crippen molar-refractivity contribution in [1.29, 1.82) is 0 Å². The minimum atomic E-state index is -4.69. The van der Waals surface area contributed by atoms with Crippen LogP contribution in [0, 0.1) is 10.2 Å². The molecule has 2 saturated heterocycles. The van der Waals surface area contributed by atoms with Crippen molar-refractivity contribution in [1.82, 2.24) is 9.80 Å². The zero-order valence-corrected chi connectivity index (χ0v) is 21.3. The van der Waals surface area contributed by atoms with Gasteiger partial charge in [0.2, 0.25) is 0 Å². The van der Waals surface area contributed by atoms with Crippen LogP contribution in [0.1, 0.15) is 89.9 Å². The Balaban J connectivity index is 0.000000491. The lowest BCUT2D eigenvalue weighted by molar-refractivity contribution is -1.92. The fourth-order valence-electron chi connectivity index (χ4n) is 6.21. The lowest BCUT2D eigenvalue weighted by Gasteiger charge is -2.46. The van der Waals surface area contributed by atoms with Crippen LogP contribution in [0.2, 0.25) is 0 Å². The number of hydrogen-bond donors (Lipinski definition) is 1. The van der Waals surface area contributed by atoms with E-state index in [0.29, 0.717) is 11.1 Å². The Morgan fingerprint density at radius 1 is 0.581 bits per heavy atom. The predicted molar refractivity (Wildman–Crippen MR) is 120 cm³/mol. The first-order chi connectivity index (χ1) is 14.8. The molecular formula is C22H41ClN2O4S2. The number of rotatable bonds is 7. The third-order valence-corrected chi connectivity index (χ3v) is 10.5. The summed E-state index contributed by atoms with van der Waals surface area (Å²) in [6.45, 7) is 5.51. The van der Waals surface area contributed by atoms with Crippen LogP contribution >= 0.6 is 21.6 Å². The molecule has 0 atom stereocenters. The van der Waals surface area contributed by atoms with E-state index in [9.17, 15) is 0 Å². The SMILES string of the molecule is C1CCC(CSSCC2(N3CCCC3)CCCCC2)(N2CCCC2)CC1.[O-][Cl+3]([O-])([O-])O. The van der Waals surface area contributed by atoms with Crippen molar-refractivity contribution in [2.75, 3.05) is 37.7 Å². The molecule has 2 heterocycles. The van der Waals surface area contributed by atoms with Gasteiger partial charge in [-0.15, -0.1) is 0 Å². The largest absolute Gasteiger partial charge is 0.297 e. The summed E-state index contributed by atoms with van der Waals surface area (Å²) >= 11 is 0. The van der Waals surface area contributed by atoms with Gasteiger partial charge in [-0.3, -0.25) is 9.80 Å². The van der Waals surface area contributed by atoms with Crippen molar-refractivity contribution in [3.63, 3.8) is 0 Å². The maximum absolute atomic E-state index is 8.60. The topological polar surface area (TPSA) is 95.9 Å². The summed E-state index contributed by atoms with van der Waals surface area (Å²) in [5.74, 6) is 2.77. The molecule has 1 N–H and O–H groups in total. The Morgan fingerprint density at radius 3 is 1.16 bits per heavy atom. The first-order valence-electron chi connectivity index (χ1n) is 12.2. The highest BCUT2D eigenvalue weighted by molar-refractivity contribution is 8.76. The van der Waals surface area contributed by atoms with Gasteiger partial charge in [0.15, 0.2) is 0 Å². The molecule has 0 aromatic heterocycles. The lowest BCUT2D eigenvalue weighted by atomic mass is 9.82. The zero-order chi connectivity index (χ0) is 22.2. The van der Waals surface area contributed by atoms with Gasteiger partial charge in [0.25, 0.3) is 0 Å². The number of hydrogen-bond acceptors (Lipinski definition) is 8. The molecule has 4 aliphatic rings. The Hall–Kier alpha value is 0.750. The molecule has 0 spiro atoms. The Labute approximate surface area is 198 Å². The minimum absolute atomic E-state index is 0.555. The first kappa shape index (κ1) is 26.4. The molecule has 9 heteroatoms. The summed E-state index contributed by atoms with van der Waals surface area (Å²) in [7, 11) is -0.205. The molecule has 31 heavy (non-hydrogen) atoms. The van der Waals surface area contributed by atoms with Gasteiger partial charge in [-0.25, -0.2) is 0 Å². The first-order valence-corrected chi connectivity index (χ1v) is 16.0. The molecule has 0 bridgehead atoms. The molecule has 0 radical (unpaired) electrons. The van der Waals surface area contributed by atoms with Gasteiger partial charge in [0.05, 0.1) is 14.9 Å². The average molecular weight is 497 g/mol. The van der Waals surface area contributed by atoms with E-state index in [1.54, 1.807) is 0 Å². The monoisotopic (exact) mass is 496 g/mol. The molecule has 2 saturated carbocycles. The van der Waals surface area contributed by atoms with Crippen LogP contribution in [0.25, 0.3) is 0 Å². The number of halogens is 1. The molecule has 2 aliphatic carbocycles. The summed E-state index contributed by atoms with van der Waals surface area (Å²) in [5.41, 5.74) is 1.11. The van der Waals surface area contributed by atoms with Crippen LogP contribution in [0.15, 0.2) is 0 Å². The fraction of sp³-hybridized carbons (Fsp3) is 1.00. The molecule has 2 aliphatic heterocycles. The Kier molecular flexibility index (Phi) is 10.6. The second kappa shape index (κ2) is 12.5. The predicted octanol–water partition coefficient (Wildman–Crippen LogP) is 1.84. The molecule has 4 fully saturated rings. The smallest absolute Gasteiger partial charge is 0.0777 e. The van der Waals surface area contributed by atoms with E-state index in [4.69, 9.17) is 18.6 Å². The third-order valence-electron chi connectivity index (χ3n) is 7.86. The summed E-state index contributed by atoms with van der Waals surface area (Å²) in [5, 5.41) is 0. The highest BCUT2D eigenvalue weighted by atomic mass is 35.7.